The minimum Gasteiger partial charge on any atom is -0.481 e. The third-order valence-electron chi connectivity index (χ3n) is 1.38. The monoisotopic (exact) mass is 201 g/mol. The molecule has 72 valence electrons. The van der Waals surface area contributed by atoms with Crippen LogP contribution < -0.4 is 15.2 Å². The standard InChI is InChI=1S/C7H11N3O2S/c1-11-4-3-5(12-2)10-7(9-4)6(8)13/h3,6,13H,8H2,1-2H3. The Balaban J connectivity index is 3.07. The van der Waals surface area contributed by atoms with Crippen LogP contribution in [0.4, 0.5) is 0 Å². The molecule has 0 saturated heterocycles. The zero-order valence-electron chi connectivity index (χ0n) is 7.39. The first-order valence-corrected chi connectivity index (χ1v) is 4.09. The molecule has 1 heterocycles. The fourth-order valence-electron chi connectivity index (χ4n) is 0.762. The van der Waals surface area contributed by atoms with E-state index in [9.17, 15) is 0 Å². The van der Waals surface area contributed by atoms with Gasteiger partial charge in [-0.15, -0.1) is 0 Å². The smallest absolute Gasteiger partial charge is 0.220 e. The molecule has 0 spiro atoms. The normalized spacial score (nSPS) is 12.3. The predicted octanol–water partition coefficient (Wildman–Crippen LogP) is 0.381. The molecular weight excluding hydrogens is 190 g/mol. The van der Waals surface area contributed by atoms with Gasteiger partial charge in [0, 0.05) is 0 Å². The van der Waals surface area contributed by atoms with Crippen LogP contribution in [0.2, 0.25) is 0 Å². The Kier molecular flexibility index (Phi) is 3.32. The number of nitrogens with two attached hydrogens (primary N) is 1. The molecule has 0 aliphatic heterocycles. The summed E-state index contributed by atoms with van der Waals surface area (Å²) in [5, 5.41) is -0.538. The van der Waals surface area contributed by atoms with Crippen LogP contribution in [0.3, 0.4) is 0 Å². The van der Waals surface area contributed by atoms with Gasteiger partial charge < -0.3 is 15.2 Å². The van der Waals surface area contributed by atoms with Gasteiger partial charge in [0.25, 0.3) is 0 Å². The van der Waals surface area contributed by atoms with Crippen LogP contribution in [0.1, 0.15) is 11.2 Å². The van der Waals surface area contributed by atoms with Crippen LogP contribution in [-0.4, -0.2) is 24.2 Å². The van der Waals surface area contributed by atoms with E-state index in [1.807, 2.05) is 0 Å². The van der Waals surface area contributed by atoms with Crippen LogP contribution in [0.15, 0.2) is 6.07 Å². The molecule has 1 aromatic rings. The number of hydrogen-bond acceptors (Lipinski definition) is 6. The molecule has 1 unspecified atom stereocenters. The highest BCUT2D eigenvalue weighted by atomic mass is 32.1. The molecule has 5 nitrogen and oxygen atoms in total. The first-order valence-electron chi connectivity index (χ1n) is 3.58. The highest BCUT2D eigenvalue weighted by Gasteiger charge is 2.08. The summed E-state index contributed by atoms with van der Waals surface area (Å²) >= 11 is 4.00. The van der Waals surface area contributed by atoms with E-state index in [4.69, 9.17) is 15.2 Å². The highest BCUT2D eigenvalue weighted by Crippen LogP contribution is 2.18. The van der Waals surface area contributed by atoms with Crippen LogP contribution in [0, 0.1) is 0 Å². The number of rotatable bonds is 3. The topological polar surface area (TPSA) is 70.3 Å². The lowest BCUT2D eigenvalue weighted by Crippen LogP contribution is -2.09. The Hall–Kier alpha value is -1.01. The maximum absolute atomic E-state index is 5.49. The van der Waals surface area contributed by atoms with E-state index < -0.39 is 5.37 Å². The molecule has 0 amide bonds. The van der Waals surface area contributed by atoms with E-state index in [1.165, 1.54) is 14.2 Å². The molecule has 1 rings (SSSR count). The van der Waals surface area contributed by atoms with Crippen molar-refractivity contribution in [2.24, 2.45) is 5.73 Å². The molecule has 1 aromatic heterocycles. The van der Waals surface area contributed by atoms with E-state index in [0.717, 1.165) is 0 Å². The van der Waals surface area contributed by atoms with Gasteiger partial charge in [-0.25, -0.2) is 0 Å². The average molecular weight is 201 g/mol. The Labute approximate surface area is 81.7 Å². The Bertz CT molecular complexity index is 271. The lowest BCUT2D eigenvalue weighted by Gasteiger charge is -2.07. The van der Waals surface area contributed by atoms with E-state index >= 15 is 0 Å². The summed E-state index contributed by atoms with van der Waals surface area (Å²) in [6.07, 6.45) is 0. The van der Waals surface area contributed by atoms with E-state index in [2.05, 4.69) is 22.6 Å². The first-order chi connectivity index (χ1) is 6.17. The molecule has 0 aliphatic rings. The second-order valence-corrected chi connectivity index (χ2v) is 2.81. The van der Waals surface area contributed by atoms with Gasteiger partial charge in [-0.3, -0.25) is 0 Å². The molecule has 13 heavy (non-hydrogen) atoms. The molecule has 0 saturated carbocycles. The lowest BCUT2D eigenvalue weighted by molar-refractivity contribution is 0.368. The zero-order chi connectivity index (χ0) is 9.84. The van der Waals surface area contributed by atoms with Gasteiger partial charge in [-0.05, 0) is 0 Å². The van der Waals surface area contributed by atoms with Crippen LogP contribution in [0.5, 0.6) is 11.8 Å². The van der Waals surface area contributed by atoms with Crippen molar-refractivity contribution in [3.63, 3.8) is 0 Å². The molecule has 2 N–H and O–H groups in total. The Morgan fingerprint density at radius 1 is 1.31 bits per heavy atom. The number of nitrogens with zero attached hydrogens (tertiary/aromatic N) is 2. The summed E-state index contributed by atoms with van der Waals surface area (Å²) < 4.78 is 9.85. The van der Waals surface area contributed by atoms with Crippen molar-refractivity contribution in [1.82, 2.24) is 9.97 Å². The minimum absolute atomic E-state index is 0.375. The summed E-state index contributed by atoms with van der Waals surface area (Å²) in [6, 6.07) is 1.57. The predicted molar refractivity (Wildman–Crippen MR) is 51.1 cm³/mol. The number of ether oxygens (including phenoxy) is 2. The Morgan fingerprint density at radius 3 is 2.08 bits per heavy atom. The number of hydrogen-bond donors (Lipinski definition) is 2. The minimum atomic E-state index is -0.538. The van der Waals surface area contributed by atoms with Crippen molar-refractivity contribution < 1.29 is 9.47 Å². The quantitative estimate of drug-likeness (QED) is 0.546. The highest BCUT2D eigenvalue weighted by molar-refractivity contribution is 7.80. The number of aromatic nitrogens is 2. The van der Waals surface area contributed by atoms with Crippen molar-refractivity contribution in [3.8, 4) is 11.8 Å². The zero-order valence-corrected chi connectivity index (χ0v) is 8.28. The molecule has 0 radical (unpaired) electrons. The van der Waals surface area contributed by atoms with Gasteiger partial charge >= 0.3 is 0 Å². The summed E-state index contributed by atoms with van der Waals surface area (Å²) in [5.41, 5.74) is 5.49. The van der Waals surface area contributed by atoms with Crippen molar-refractivity contribution in [2.45, 2.75) is 5.37 Å². The van der Waals surface area contributed by atoms with Gasteiger partial charge in [-0.2, -0.15) is 22.6 Å². The molecule has 0 fully saturated rings. The molecule has 0 bridgehead atoms. The SMILES string of the molecule is COc1cc(OC)nc(C(N)S)n1. The van der Waals surface area contributed by atoms with Crippen LogP contribution in [0.25, 0.3) is 0 Å². The number of methoxy groups -OCH3 is 2. The summed E-state index contributed by atoms with van der Waals surface area (Å²) in [5.74, 6) is 1.19. The van der Waals surface area contributed by atoms with Crippen molar-refractivity contribution in [3.05, 3.63) is 11.9 Å². The number of thiol groups is 1. The fourth-order valence-corrected chi connectivity index (χ4v) is 0.878. The molecule has 0 aliphatic carbocycles. The summed E-state index contributed by atoms with van der Waals surface area (Å²) in [4.78, 5) is 7.97. The maximum Gasteiger partial charge on any atom is 0.220 e. The second kappa shape index (κ2) is 4.29. The maximum atomic E-state index is 5.49. The van der Waals surface area contributed by atoms with E-state index in [-0.39, 0.29) is 0 Å². The molecular formula is C7H11N3O2S. The van der Waals surface area contributed by atoms with Crippen molar-refractivity contribution in [1.29, 1.82) is 0 Å². The van der Waals surface area contributed by atoms with Gasteiger partial charge in [-0.1, -0.05) is 0 Å². The second-order valence-electron chi connectivity index (χ2n) is 2.26. The van der Waals surface area contributed by atoms with E-state index in [0.29, 0.717) is 17.6 Å². The third kappa shape index (κ3) is 2.46. The lowest BCUT2D eigenvalue weighted by atomic mass is 10.5. The fraction of sp³-hybridized carbons (Fsp3) is 0.429. The molecule has 1 atom stereocenters. The summed E-state index contributed by atoms with van der Waals surface area (Å²) in [6.45, 7) is 0. The molecule has 6 heteroatoms. The summed E-state index contributed by atoms with van der Waals surface area (Å²) in [7, 11) is 3.02. The van der Waals surface area contributed by atoms with Crippen LogP contribution in [-0.2, 0) is 0 Å². The Morgan fingerprint density at radius 2 is 1.77 bits per heavy atom. The van der Waals surface area contributed by atoms with Crippen molar-refractivity contribution >= 4 is 12.6 Å². The van der Waals surface area contributed by atoms with Crippen molar-refractivity contribution in [2.75, 3.05) is 14.2 Å². The molecule has 0 aromatic carbocycles. The first kappa shape index (κ1) is 10.1. The van der Waals surface area contributed by atoms with E-state index in [1.54, 1.807) is 6.07 Å². The van der Waals surface area contributed by atoms with Gasteiger partial charge in [0.1, 0.15) is 5.37 Å². The van der Waals surface area contributed by atoms with Gasteiger partial charge in [0.05, 0.1) is 20.3 Å². The third-order valence-corrected chi connectivity index (χ3v) is 1.61. The van der Waals surface area contributed by atoms with Crippen LogP contribution >= 0.6 is 12.6 Å². The average Bonchev–Trinajstić information content (AvgIpc) is 2.16. The van der Waals surface area contributed by atoms with Gasteiger partial charge in [0.2, 0.25) is 11.8 Å². The van der Waals surface area contributed by atoms with Gasteiger partial charge in [0.15, 0.2) is 5.82 Å². The largest absolute Gasteiger partial charge is 0.481 e.